The minimum atomic E-state index is -4.52. The molecule has 0 aliphatic heterocycles. The van der Waals surface area contributed by atoms with E-state index in [-0.39, 0.29) is 12.4 Å². The van der Waals surface area contributed by atoms with Gasteiger partial charge >= 0.3 is 6.18 Å². The van der Waals surface area contributed by atoms with Crippen molar-refractivity contribution in [3.05, 3.63) is 24.0 Å². The van der Waals surface area contributed by atoms with Crippen molar-refractivity contribution in [2.24, 2.45) is 0 Å². The van der Waals surface area contributed by atoms with Gasteiger partial charge < -0.3 is 15.2 Å². The predicted octanol–water partition coefficient (Wildman–Crippen LogP) is 2.78. The molecule has 0 spiro atoms. The lowest BCUT2D eigenvalue weighted by molar-refractivity contribution is -0.153. The molecule has 0 aliphatic carbocycles. The number of rotatable bonds is 6. The maximum Gasteiger partial charge on any atom is 0.422 e. The zero-order valence-electron chi connectivity index (χ0n) is 9.68. The SMILES string of the molecule is OC(CCl)CNc1ccc(OCC(F)(F)F)c(F)c1. The molecule has 0 fully saturated rings. The minimum absolute atomic E-state index is 0.0161. The lowest BCUT2D eigenvalue weighted by Gasteiger charge is -2.12. The van der Waals surface area contributed by atoms with Crippen molar-refractivity contribution >= 4 is 17.3 Å². The normalized spacial score (nSPS) is 13.2. The van der Waals surface area contributed by atoms with Gasteiger partial charge in [0, 0.05) is 18.3 Å². The Morgan fingerprint density at radius 3 is 2.58 bits per heavy atom. The molecular formula is C11H12ClF4NO2. The molecule has 8 heteroatoms. The van der Waals surface area contributed by atoms with E-state index in [4.69, 9.17) is 11.6 Å². The Balaban J connectivity index is 2.59. The summed E-state index contributed by atoms with van der Waals surface area (Å²) in [5.41, 5.74) is 0.307. The molecule has 0 saturated heterocycles. The summed E-state index contributed by atoms with van der Waals surface area (Å²) in [5.74, 6) is -1.39. The Hall–Kier alpha value is -1.21. The van der Waals surface area contributed by atoms with Gasteiger partial charge in [0.05, 0.1) is 12.0 Å². The molecule has 1 aromatic rings. The molecule has 0 heterocycles. The molecule has 0 saturated carbocycles. The van der Waals surface area contributed by atoms with E-state index in [0.29, 0.717) is 5.69 Å². The number of benzene rings is 1. The lowest BCUT2D eigenvalue weighted by Crippen LogP contribution is -2.21. The first-order valence-corrected chi connectivity index (χ1v) is 5.82. The number of hydrogen-bond donors (Lipinski definition) is 2. The van der Waals surface area contributed by atoms with E-state index in [9.17, 15) is 22.7 Å². The molecule has 0 bridgehead atoms. The third-order valence-electron chi connectivity index (χ3n) is 2.04. The van der Waals surface area contributed by atoms with Crippen molar-refractivity contribution in [3.63, 3.8) is 0 Å². The first-order valence-electron chi connectivity index (χ1n) is 5.29. The molecule has 3 nitrogen and oxygen atoms in total. The molecule has 1 unspecified atom stereocenters. The second kappa shape index (κ2) is 6.81. The Labute approximate surface area is 112 Å². The van der Waals surface area contributed by atoms with Crippen LogP contribution in [0.4, 0.5) is 23.2 Å². The van der Waals surface area contributed by atoms with E-state index >= 15 is 0 Å². The quantitative estimate of drug-likeness (QED) is 0.627. The fraction of sp³-hybridized carbons (Fsp3) is 0.455. The van der Waals surface area contributed by atoms with E-state index in [2.05, 4.69) is 10.1 Å². The molecule has 0 radical (unpaired) electrons. The zero-order valence-corrected chi connectivity index (χ0v) is 10.4. The highest BCUT2D eigenvalue weighted by molar-refractivity contribution is 6.18. The van der Waals surface area contributed by atoms with Crippen LogP contribution in [0.15, 0.2) is 18.2 Å². The van der Waals surface area contributed by atoms with Crippen LogP contribution in [-0.4, -0.2) is 36.4 Å². The van der Waals surface area contributed by atoms with Gasteiger partial charge in [0.2, 0.25) is 0 Å². The number of halogens is 5. The molecule has 2 N–H and O–H groups in total. The Morgan fingerprint density at radius 2 is 2.05 bits per heavy atom. The van der Waals surface area contributed by atoms with Crippen LogP contribution >= 0.6 is 11.6 Å². The van der Waals surface area contributed by atoms with Gasteiger partial charge in [-0.15, -0.1) is 11.6 Å². The van der Waals surface area contributed by atoms with Gasteiger partial charge in [0.25, 0.3) is 0 Å². The number of alkyl halides is 4. The van der Waals surface area contributed by atoms with Gasteiger partial charge in [-0.05, 0) is 12.1 Å². The van der Waals surface area contributed by atoms with Gasteiger partial charge in [0.1, 0.15) is 0 Å². The van der Waals surface area contributed by atoms with Gasteiger partial charge in [0.15, 0.2) is 18.2 Å². The largest absolute Gasteiger partial charge is 0.481 e. The smallest absolute Gasteiger partial charge is 0.422 e. The Morgan fingerprint density at radius 1 is 1.37 bits per heavy atom. The van der Waals surface area contributed by atoms with E-state index in [1.54, 1.807) is 0 Å². The molecule has 1 aromatic carbocycles. The van der Waals surface area contributed by atoms with Crippen molar-refractivity contribution in [3.8, 4) is 5.75 Å². The van der Waals surface area contributed by atoms with Crippen LogP contribution < -0.4 is 10.1 Å². The predicted molar refractivity (Wildman–Crippen MR) is 63.2 cm³/mol. The first kappa shape index (κ1) is 15.8. The Kier molecular flexibility index (Phi) is 5.68. The number of anilines is 1. The summed E-state index contributed by atoms with van der Waals surface area (Å²) >= 11 is 5.37. The summed E-state index contributed by atoms with van der Waals surface area (Å²) in [6, 6.07) is 3.40. The standard InChI is InChI=1S/C11H12ClF4NO2/c12-4-8(18)5-17-7-1-2-10(9(13)3-7)19-6-11(14,15)16/h1-3,8,17-18H,4-6H2. The van der Waals surface area contributed by atoms with Crippen LogP contribution in [-0.2, 0) is 0 Å². The number of aliphatic hydroxyl groups excluding tert-OH is 1. The maximum absolute atomic E-state index is 13.4. The first-order chi connectivity index (χ1) is 8.81. The molecule has 1 atom stereocenters. The third kappa shape index (κ3) is 5.98. The lowest BCUT2D eigenvalue weighted by atomic mass is 10.2. The zero-order chi connectivity index (χ0) is 14.5. The van der Waals surface area contributed by atoms with Crippen LogP contribution in [0.3, 0.4) is 0 Å². The highest BCUT2D eigenvalue weighted by atomic mass is 35.5. The van der Waals surface area contributed by atoms with Crippen LogP contribution in [0.5, 0.6) is 5.75 Å². The van der Waals surface area contributed by atoms with Gasteiger partial charge in [-0.3, -0.25) is 0 Å². The fourth-order valence-corrected chi connectivity index (χ4v) is 1.29. The highest BCUT2D eigenvalue weighted by Crippen LogP contribution is 2.23. The number of aliphatic hydroxyl groups is 1. The molecule has 0 amide bonds. The summed E-state index contributed by atoms with van der Waals surface area (Å²) in [6.07, 6.45) is -5.32. The average molecular weight is 302 g/mol. The topological polar surface area (TPSA) is 41.5 Å². The summed E-state index contributed by atoms with van der Waals surface area (Å²) < 4.78 is 53.4. The van der Waals surface area contributed by atoms with Crippen molar-refractivity contribution in [1.29, 1.82) is 0 Å². The monoisotopic (exact) mass is 301 g/mol. The van der Waals surface area contributed by atoms with E-state index < -0.39 is 30.5 Å². The van der Waals surface area contributed by atoms with Crippen molar-refractivity contribution in [1.82, 2.24) is 0 Å². The number of ether oxygens (including phenoxy) is 1. The molecule has 1 rings (SSSR count). The third-order valence-corrected chi connectivity index (χ3v) is 2.40. The number of hydrogen-bond acceptors (Lipinski definition) is 3. The second-order valence-electron chi connectivity index (χ2n) is 3.74. The van der Waals surface area contributed by atoms with Crippen LogP contribution in [0.2, 0.25) is 0 Å². The van der Waals surface area contributed by atoms with Crippen LogP contribution in [0.25, 0.3) is 0 Å². The summed E-state index contributed by atoms with van der Waals surface area (Å²) in [7, 11) is 0. The maximum atomic E-state index is 13.4. The van der Waals surface area contributed by atoms with Crippen LogP contribution in [0.1, 0.15) is 0 Å². The van der Waals surface area contributed by atoms with E-state index in [0.717, 1.165) is 12.1 Å². The molecule has 108 valence electrons. The molecule has 19 heavy (non-hydrogen) atoms. The fourth-order valence-electron chi connectivity index (χ4n) is 1.18. The van der Waals surface area contributed by atoms with Crippen molar-refractivity contribution < 1.29 is 27.4 Å². The van der Waals surface area contributed by atoms with Gasteiger partial charge in [-0.1, -0.05) is 0 Å². The summed E-state index contributed by atoms with van der Waals surface area (Å²) in [4.78, 5) is 0. The molecule has 0 aliphatic rings. The highest BCUT2D eigenvalue weighted by Gasteiger charge is 2.28. The second-order valence-corrected chi connectivity index (χ2v) is 4.05. The van der Waals surface area contributed by atoms with Gasteiger partial charge in [-0.2, -0.15) is 13.2 Å². The summed E-state index contributed by atoms with van der Waals surface area (Å²) in [6.45, 7) is -1.45. The molecule has 0 aromatic heterocycles. The summed E-state index contributed by atoms with van der Waals surface area (Å²) in [5, 5.41) is 11.9. The molecular weight excluding hydrogens is 290 g/mol. The average Bonchev–Trinajstić information content (AvgIpc) is 2.33. The van der Waals surface area contributed by atoms with E-state index in [1.165, 1.54) is 6.07 Å². The number of nitrogens with one attached hydrogen (secondary N) is 1. The Bertz CT molecular complexity index is 414. The minimum Gasteiger partial charge on any atom is -0.481 e. The van der Waals surface area contributed by atoms with Crippen LogP contribution in [0, 0.1) is 5.82 Å². The van der Waals surface area contributed by atoms with Crippen molar-refractivity contribution in [2.45, 2.75) is 12.3 Å². The van der Waals surface area contributed by atoms with E-state index in [1.807, 2.05) is 0 Å². The van der Waals surface area contributed by atoms with Gasteiger partial charge in [-0.25, -0.2) is 4.39 Å². The van der Waals surface area contributed by atoms with Crippen molar-refractivity contribution in [2.75, 3.05) is 24.3 Å².